The van der Waals surface area contributed by atoms with Crippen molar-refractivity contribution in [3.8, 4) is 5.75 Å². The first kappa shape index (κ1) is 21.0. The van der Waals surface area contributed by atoms with E-state index in [-0.39, 0.29) is 5.92 Å². The Balaban J connectivity index is 1.38. The van der Waals surface area contributed by atoms with Crippen LogP contribution in [0.1, 0.15) is 30.9 Å². The van der Waals surface area contributed by atoms with E-state index in [1.165, 1.54) is 0 Å². The molecule has 5 rings (SSSR count). The minimum Gasteiger partial charge on any atom is -0.494 e. The molecule has 1 aromatic heterocycles. The molecule has 5 heteroatoms. The monoisotopic (exact) mass is 444 g/mol. The summed E-state index contributed by atoms with van der Waals surface area (Å²) >= 11 is 1.72. The van der Waals surface area contributed by atoms with Crippen LogP contribution >= 0.6 is 11.3 Å². The molecule has 32 heavy (non-hydrogen) atoms. The molecule has 0 unspecified atom stereocenters. The maximum Gasteiger partial charge on any atom is 0.186 e. The van der Waals surface area contributed by atoms with E-state index in [4.69, 9.17) is 9.72 Å². The summed E-state index contributed by atoms with van der Waals surface area (Å²) in [5.41, 5.74) is 1.95. The SMILES string of the molecule is CCOc1ccc2nc(N3CCC(C(O)(c4ccccc4)c4ccccc4)CC3)sc2c1. The number of hydrogen-bond acceptors (Lipinski definition) is 5. The lowest BCUT2D eigenvalue weighted by atomic mass is 9.72. The van der Waals surface area contributed by atoms with Crippen molar-refractivity contribution >= 4 is 26.7 Å². The van der Waals surface area contributed by atoms with Crippen LogP contribution in [0.2, 0.25) is 0 Å². The Morgan fingerprint density at radius 2 is 1.59 bits per heavy atom. The molecule has 1 fully saturated rings. The van der Waals surface area contributed by atoms with Crippen LogP contribution in [0.5, 0.6) is 5.75 Å². The summed E-state index contributed by atoms with van der Waals surface area (Å²) in [6.07, 6.45) is 1.81. The lowest BCUT2D eigenvalue weighted by Gasteiger charge is -2.42. The number of benzene rings is 3. The van der Waals surface area contributed by atoms with Crippen LogP contribution < -0.4 is 9.64 Å². The third-order valence-electron chi connectivity index (χ3n) is 6.44. The van der Waals surface area contributed by atoms with Crippen LogP contribution in [0.15, 0.2) is 78.9 Å². The minimum absolute atomic E-state index is 0.141. The van der Waals surface area contributed by atoms with Gasteiger partial charge in [0.2, 0.25) is 0 Å². The van der Waals surface area contributed by atoms with Gasteiger partial charge in [-0.25, -0.2) is 4.98 Å². The largest absolute Gasteiger partial charge is 0.494 e. The topological polar surface area (TPSA) is 45.6 Å². The highest BCUT2D eigenvalue weighted by Gasteiger charge is 2.41. The van der Waals surface area contributed by atoms with Crippen LogP contribution in [-0.4, -0.2) is 29.8 Å². The average Bonchev–Trinajstić information content (AvgIpc) is 3.28. The van der Waals surface area contributed by atoms with Gasteiger partial charge < -0.3 is 14.7 Å². The van der Waals surface area contributed by atoms with Gasteiger partial charge in [0.1, 0.15) is 11.4 Å². The van der Waals surface area contributed by atoms with Crippen molar-refractivity contribution in [2.45, 2.75) is 25.4 Å². The zero-order chi connectivity index (χ0) is 22.0. The van der Waals surface area contributed by atoms with E-state index < -0.39 is 5.60 Å². The van der Waals surface area contributed by atoms with Crippen molar-refractivity contribution in [1.29, 1.82) is 0 Å². The van der Waals surface area contributed by atoms with Crippen molar-refractivity contribution in [1.82, 2.24) is 4.98 Å². The Kier molecular flexibility index (Phi) is 5.85. The number of ether oxygens (including phenoxy) is 1. The van der Waals surface area contributed by atoms with Gasteiger partial charge >= 0.3 is 0 Å². The Labute approximate surface area is 193 Å². The van der Waals surface area contributed by atoms with E-state index in [0.29, 0.717) is 6.61 Å². The highest BCUT2D eigenvalue weighted by atomic mass is 32.1. The van der Waals surface area contributed by atoms with Crippen LogP contribution in [0.3, 0.4) is 0 Å². The Morgan fingerprint density at radius 3 is 2.19 bits per heavy atom. The molecule has 0 bridgehead atoms. The van der Waals surface area contributed by atoms with Crippen LogP contribution in [0, 0.1) is 5.92 Å². The molecule has 0 amide bonds. The second-order valence-corrected chi connectivity index (χ2v) is 9.33. The zero-order valence-electron chi connectivity index (χ0n) is 18.3. The first-order chi connectivity index (χ1) is 15.7. The van der Waals surface area contributed by atoms with Crippen molar-refractivity contribution < 1.29 is 9.84 Å². The lowest BCUT2D eigenvalue weighted by Crippen LogP contribution is -2.44. The van der Waals surface area contributed by atoms with Crippen molar-refractivity contribution in [3.05, 3.63) is 90.0 Å². The van der Waals surface area contributed by atoms with Crippen LogP contribution in [-0.2, 0) is 5.60 Å². The average molecular weight is 445 g/mol. The number of aliphatic hydroxyl groups is 1. The van der Waals surface area contributed by atoms with Gasteiger partial charge in [-0.15, -0.1) is 0 Å². The normalized spacial score (nSPS) is 15.2. The highest BCUT2D eigenvalue weighted by Crippen LogP contribution is 2.43. The molecule has 1 aliphatic rings. The molecular weight excluding hydrogens is 416 g/mol. The molecule has 0 aliphatic carbocycles. The molecule has 4 aromatic rings. The summed E-state index contributed by atoms with van der Waals surface area (Å²) in [6.45, 7) is 4.42. The molecule has 2 heterocycles. The molecule has 0 radical (unpaired) electrons. The molecule has 0 saturated carbocycles. The first-order valence-corrected chi connectivity index (χ1v) is 12.1. The smallest absolute Gasteiger partial charge is 0.186 e. The van der Waals surface area contributed by atoms with E-state index in [0.717, 1.165) is 58.2 Å². The quantitative estimate of drug-likeness (QED) is 0.405. The number of nitrogens with zero attached hydrogens (tertiary/aromatic N) is 2. The molecule has 3 aromatic carbocycles. The fourth-order valence-electron chi connectivity index (χ4n) is 4.80. The number of piperidine rings is 1. The molecule has 1 N–H and O–H groups in total. The standard InChI is InChI=1S/C27H28N2O2S/c1-2-31-23-13-14-24-25(19-23)32-26(28-24)29-17-15-22(16-18-29)27(30,20-9-5-3-6-10-20)21-11-7-4-8-12-21/h3-14,19,22,30H,2,15-18H2,1H3. The lowest BCUT2D eigenvalue weighted by molar-refractivity contribution is 0.00506. The van der Waals surface area contributed by atoms with E-state index in [9.17, 15) is 5.11 Å². The fourth-order valence-corrected chi connectivity index (χ4v) is 5.84. The summed E-state index contributed by atoms with van der Waals surface area (Å²) in [7, 11) is 0. The van der Waals surface area contributed by atoms with Crippen molar-refractivity contribution in [2.75, 3.05) is 24.6 Å². The molecule has 0 spiro atoms. The van der Waals surface area contributed by atoms with E-state index >= 15 is 0 Å². The predicted molar refractivity (Wildman–Crippen MR) is 132 cm³/mol. The Hall–Kier alpha value is -2.89. The summed E-state index contributed by atoms with van der Waals surface area (Å²) in [5, 5.41) is 13.1. The second-order valence-electron chi connectivity index (χ2n) is 8.32. The van der Waals surface area contributed by atoms with Crippen LogP contribution in [0.4, 0.5) is 5.13 Å². The number of thiazole rings is 1. The maximum atomic E-state index is 12.1. The molecule has 4 nitrogen and oxygen atoms in total. The fraction of sp³-hybridized carbons (Fsp3) is 0.296. The molecular formula is C27H28N2O2S. The summed E-state index contributed by atoms with van der Waals surface area (Å²) in [6, 6.07) is 26.3. The zero-order valence-corrected chi connectivity index (χ0v) is 19.1. The van der Waals surface area contributed by atoms with Gasteiger partial charge in [-0.05, 0) is 55.0 Å². The molecule has 1 aliphatic heterocycles. The highest BCUT2D eigenvalue weighted by molar-refractivity contribution is 7.22. The van der Waals surface area contributed by atoms with E-state index in [2.05, 4.69) is 11.0 Å². The Morgan fingerprint density at radius 1 is 0.969 bits per heavy atom. The molecule has 0 atom stereocenters. The van der Waals surface area contributed by atoms with Gasteiger partial charge in [0.05, 0.1) is 16.8 Å². The van der Waals surface area contributed by atoms with Crippen molar-refractivity contribution in [3.63, 3.8) is 0 Å². The third kappa shape index (κ3) is 3.87. The molecule has 164 valence electrons. The first-order valence-electron chi connectivity index (χ1n) is 11.3. The summed E-state index contributed by atoms with van der Waals surface area (Å²) in [4.78, 5) is 7.23. The Bertz CT molecular complexity index is 1130. The number of aromatic nitrogens is 1. The van der Waals surface area contributed by atoms with Gasteiger partial charge in [-0.1, -0.05) is 72.0 Å². The predicted octanol–water partition coefficient (Wildman–Crippen LogP) is 5.85. The van der Waals surface area contributed by atoms with Gasteiger partial charge in [0.15, 0.2) is 5.13 Å². The number of fused-ring (bicyclic) bond motifs is 1. The number of hydrogen-bond donors (Lipinski definition) is 1. The summed E-state index contributed by atoms with van der Waals surface area (Å²) in [5.74, 6) is 1.03. The van der Waals surface area contributed by atoms with Gasteiger partial charge in [0.25, 0.3) is 0 Å². The van der Waals surface area contributed by atoms with Gasteiger partial charge in [-0.3, -0.25) is 0 Å². The minimum atomic E-state index is -0.991. The van der Waals surface area contributed by atoms with E-state index in [1.807, 2.05) is 79.7 Å². The number of rotatable bonds is 6. The second kappa shape index (κ2) is 8.93. The van der Waals surface area contributed by atoms with Gasteiger partial charge in [-0.2, -0.15) is 0 Å². The van der Waals surface area contributed by atoms with Gasteiger partial charge in [0, 0.05) is 13.1 Å². The maximum absolute atomic E-state index is 12.1. The van der Waals surface area contributed by atoms with Crippen LogP contribution in [0.25, 0.3) is 10.2 Å². The third-order valence-corrected chi connectivity index (χ3v) is 7.52. The van der Waals surface area contributed by atoms with Crippen molar-refractivity contribution in [2.24, 2.45) is 5.92 Å². The van der Waals surface area contributed by atoms with E-state index in [1.54, 1.807) is 11.3 Å². The number of anilines is 1. The molecule has 1 saturated heterocycles. The summed E-state index contributed by atoms with van der Waals surface area (Å²) < 4.78 is 6.79.